The van der Waals surface area contributed by atoms with E-state index in [-0.39, 0.29) is 0 Å². The van der Waals surface area contributed by atoms with Crippen molar-refractivity contribution >= 4 is 27.5 Å². The van der Waals surface area contributed by atoms with Gasteiger partial charge in [-0.15, -0.1) is 0 Å². The van der Waals surface area contributed by atoms with Gasteiger partial charge in [0.05, 0.1) is 11.7 Å². The number of nitrogens with zero attached hydrogens (tertiary/aromatic N) is 2. The highest BCUT2D eigenvalue weighted by Gasteiger charge is 2.06. The number of nitrogens with one attached hydrogen (secondary N) is 2. The molecule has 2 aromatic carbocycles. The molecular weight excluding hydrogens is 272 g/mol. The van der Waals surface area contributed by atoms with Crippen LogP contribution in [0.1, 0.15) is 5.69 Å². The Kier molecular flexibility index (Phi) is 2.82. The fourth-order valence-electron chi connectivity index (χ4n) is 2.85. The first kappa shape index (κ1) is 12.8. The van der Waals surface area contributed by atoms with E-state index in [9.17, 15) is 0 Å². The zero-order valence-electron chi connectivity index (χ0n) is 12.5. The van der Waals surface area contributed by atoms with E-state index in [1.807, 2.05) is 20.2 Å². The molecule has 0 aliphatic carbocycles. The summed E-state index contributed by atoms with van der Waals surface area (Å²) in [6, 6.07) is 14.9. The zero-order valence-corrected chi connectivity index (χ0v) is 12.5. The monoisotopic (exact) mass is 288 g/mol. The van der Waals surface area contributed by atoms with Crippen LogP contribution in [0.25, 0.3) is 32.8 Å². The molecule has 0 radical (unpaired) electrons. The summed E-state index contributed by atoms with van der Waals surface area (Å²) in [5, 5.41) is 13.7. The van der Waals surface area contributed by atoms with Crippen molar-refractivity contribution in [3.8, 4) is 11.1 Å². The largest absolute Gasteiger partial charge is 0.373 e. The molecule has 4 rings (SSSR count). The average Bonchev–Trinajstić information content (AvgIpc) is 3.02. The number of H-pyrrole nitrogens is 1. The van der Waals surface area contributed by atoms with Crippen LogP contribution in [0, 0.1) is 6.92 Å². The Morgan fingerprint density at radius 3 is 2.64 bits per heavy atom. The number of aryl methyl sites for hydroxylation is 1. The summed E-state index contributed by atoms with van der Waals surface area (Å²) in [6.07, 6.45) is 1.85. The summed E-state index contributed by atoms with van der Waals surface area (Å²) in [4.78, 5) is 4.57. The maximum atomic E-state index is 4.57. The maximum absolute atomic E-state index is 4.57. The number of aromatic amines is 1. The number of aromatic nitrogens is 3. The predicted octanol–water partition coefficient (Wildman–Crippen LogP) is 4.13. The first-order valence-corrected chi connectivity index (χ1v) is 7.27. The SMILES string of the molecule is CNc1cc2ccc(-c3ccc4[nH]ncc4c3)cc2c(C)n1. The van der Waals surface area contributed by atoms with Gasteiger partial charge in [0, 0.05) is 23.5 Å². The van der Waals surface area contributed by atoms with Gasteiger partial charge in [-0.05, 0) is 47.7 Å². The second-order valence-electron chi connectivity index (χ2n) is 5.45. The van der Waals surface area contributed by atoms with E-state index in [0.717, 1.165) is 22.4 Å². The molecule has 0 saturated heterocycles. The van der Waals surface area contributed by atoms with Crippen molar-refractivity contribution in [2.75, 3.05) is 12.4 Å². The van der Waals surface area contributed by atoms with Gasteiger partial charge in [-0.25, -0.2) is 4.98 Å². The number of hydrogen-bond acceptors (Lipinski definition) is 3. The highest BCUT2D eigenvalue weighted by molar-refractivity contribution is 5.92. The van der Waals surface area contributed by atoms with Crippen LogP contribution in [0.4, 0.5) is 5.82 Å². The second-order valence-corrected chi connectivity index (χ2v) is 5.45. The molecule has 0 atom stereocenters. The van der Waals surface area contributed by atoms with E-state index in [1.54, 1.807) is 0 Å². The number of hydrogen-bond donors (Lipinski definition) is 2. The molecule has 108 valence electrons. The summed E-state index contributed by atoms with van der Waals surface area (Å²) in [6.45, 7) is 2.05. The molecule has 4 nitrogen and oxygen atoms in total. The van der Waals surface area contributed by atoms with Crippen molar-refractivity contribution in [3.05, 3.63) is 54.4 Å². The lowest BCUT2D eigenvalue weighted by atomic mass is 10.00. The number of anilines is 1. The summed E-state index contributed by atoms with van der Waals surface area (Å²) >= 11 is 0. The average molecular weight is 288 g/mol. The highest BCUT2D eigenvalue weighted by Crippen LogP contribution is 2.28. The van der Waals surface area contributed by atoms with E-state index in [4.69, 9.17) is 0 Å². The Morgan fingerprint density at radius 2 is 1.77 bits per heavy atom. The van der Waals surface area contributed by atoms with Gasteiger partial charge in [0.1, 0.15) is 5.82 Å². The van der Waals surface area contributed by atoms with Gasteiger partial charge in [0.25, 0.3) is 0 Å². The topological polar surface area (TPSA) is 53.6 Å². The van der Waals surface area contributed by atoms with E-state index in [0.29, 0.717) is 0 Å². The minimum Gasteiger partial charge on any atom is -0.373 e. The van der Waals surface area contributed by atoms with Gasteiger partial charge >= 0.3 is 0 Å². The molecule has 0 aliphatic rings. The lowest BCUT2D eigenvalue weighted by Gasteiger charge is -2.08. The second kappa shape index (κ2) is 4.84. The van der Waals surface area contributed by atoms with Crippen LogP contribution < -0.4 is 5.32 Å². The summed E-state index contributed by atoms with van der Waals surface area (Å²) in [5.41, 5.74) is 4.47. The van der Waals surface area contributed by atoms with Crippen molar-refractivity contribution in [2.45, 2.75) is 6.92 Å². The predicted molar refractivity (Wildman–Crippen MR) is 91.1 cm³/mol. The normalized spacial score (nSPS) is 11.2. The Hall–Kier alpha value is -2.88. The maximum Gasteiger partial charge on any atom is 0.126 e. The van der Waals surface area contributed by atoms with Crippen LogP contribution in [-0.4, -0.2) is 22.2 Å². The first-order chi connectivity index (χ1) is 10.7. The molecule has 0 bridgehead atoms. The molecule has 0 saturated carbocycles. The van der Waals surface area contributed by atoms with E-state index in [1.165, 1.54) is 21.9 Å². The molecule has 0 fully saturated rings. The van der Waals surface area contributed by atoms with Gasteiger partial charge in [-0.1, -0.05) is 18.2 Å². The third-order valence-corrected chi connectivity index (χ3v) is 4.05. The number of rotatable bonds is 2. The van der Waals surface area contributed by atoms with Gasteiger partial charge < -0.3 is 5.32 Å². The molecule has 4 heteroatoms. The molecule has 0 spiro atoms. The molecule has 2 aromatic heterocycles. The standard InChI is InChI=1S/C18H16N4/c1-11-16-8-13(3-4-14(16)9-18(19-2)21-11)12-5-6-17-15(7-12)10-20-22-17/h3-10H,1-2H3,(H,19,21)(H,20,22). The molecule has 0 unspecified atom stereocenters. The first-order valence-electron chi connectivity index (χ1n) is 7.27. The summed E-state index contributed by atoms with van der Waals surface area (Å²) in [5.74, 6) is 0.901. The quantitative estimate of drug-likeness (QED) is 0.583. The van der Waals surface area contributed by atoms with Crippen molar-refractivity contribution in [2.24, 2.45) is 0 Å². The molecule has 2 N–H and O–H groups in total. The molecular formula is C18H16N4. The summed E-state index contributed by atoms with van der Waals surface area (Å²) < 4.78 is 0. The van der Waals surface area contributed by atoms with E-state index in [2.05, 4.69) is 63.0 Å². The van der Waals surface area contributed by atoms with Crippen molar-refractivity contribution < 1.29 is 0 Å². The Labute approximate surface area is 128 Å². The van der Waals surface area contributed by atoms with Gasteiger partial charge in [-0.2, -0.15) is 5.10 Å². The molecule has 22 heavy (non-hydrogen) atoms. The molecule has 0 amide bonds. The minimum absolute atomic E-state index is 0.901. The fraction of sp³-hybridized carbons (Fsp3) is 0.111. The van der Waals surface area contributed by atoms with Crippen molar-refractivity contribution in [3.63, 3.8) is 0 Å². The molecule has 2 heterocycles. The fourth-order valence-corrected chi connectivity index (χ4v) is 2.85. The third kappa shape index (κ3) is 2.00. The van der Waals surface area contributed by atoms with Crippen LogP contribution in [0.5, 0.6) is 0 Å². The number of fused-ring (bicyclic) bond motifs is 2. The van der Waals surface area contributed by atoms with Crippen LogP contribution in [0.15, 0.2) is 48.7 Å². The van der Waals surface area contributed by atoms with Gasteiger partial charge in [0.2, 0.25) is 0 Å². The van der Waals surface area contributed by atoms with E-state index < -0.39 is 0 Å². The van der Waals surface area contributed by atoms with Crippen LogP contribution in [0.3, 0.4) is 0 Å². The summed E-state index contributed by atoms with van der Waals surface area (Å²) in [7, 11) is 1.89. The van der Waals surface area contributed by atoms with Gasteiger partial charge in [0.15, 0.2) is 0 Å². The van der Waals surface area contributed by atoms with Crippen molar-refractivity contribution in [1.29, 1.82) is 0 Å². The van der Waals surface area contributed by atoms with Crippen molar-refractivity contribution in [1.82, 2.24) is 15.2 Å². The Morgan fingerprint density at radius 1 is 0.955 bits per heavy atom. The minimum atomic E-state index is 0.901. The van der Waals surface area contributed by atoms with Crippen LogP contribution in [0.2, 0.25) is 0 Å². The Bertz CT molecular complexity index is 985. The number of benzene rings is 2. The Balaban J connectivity index is 1.89. The lowest BCUT2D eigenvalue weighted by Crippen LogP contribution is -1.94. The molecule has 4 aromatic rings. The molecule has 0 aliphatic heterocycles. The van der Waals surface area contributed by atoms with Crippen LogP contribution in [-0.2, 0) is 0 Å². The smallest absolute Gasteiger partial charge is 0.126 e. The lowest BCUT2D eigenvalue weighted by molar-refractivity contribution is 1.12. The van der Waals surface area contributed by atoms with E-state index >= 15 is 0 Å². The number of pyridine rings is 1. The van der Waals surface area contributed by atoms with Gasteiger partial charge in [-0.3, -0.25) is 5.10 Å². The highest BCUT2D eigenvalue weighted by atomic mass is 15.1. The van der Waals surface area contributed by atoms with Crippen LogP contribution >= 0.6 is 0 Å². The zero-order chi connectivity index (χ0) is 15.1. The third-order valence-electron chi connectivity index (χ3n) is 4.05.